The first-order valence-electron chi connectivity index (χ1n) is 0. The summed E-state index contributed by atoms with van der Waals surface area (Å²) in [5.74, 6) is 0. The molecular formula is Rf46. The molecule has 0 nitrogen and oxygen atoms in total. The maximum absolute atomic E-state index is 0. The van der Waals surface area contributed by atoms with Gasteiger partial charge in [-0.1, -0.05) is 0 Å². The van der Waals surface area contributed by atoms with E-state index in [4.69, 9.17) is 0 Å². The summed E-state index contributed by atoms with van der Waals surface area (Å²) in [6.07, 6.45) is 0. The Morgan fingerprint density at radius 2 is 0.0217 bits per heavy atom. The van der Waals surface area contributed by atoms with E-state index in [-0.39, 0.29) is 0 Å². The van der Waals surface area contributed by atoms with E-state index in [1.807, 2.05) is 0 Å². The van der Waals surface area contributed by atoms with Crippen molar-refractivity contribution < 1.29 is 0 Å². The topological polar surface area (TPSA) is 0 Å². The number of hydrogen-bond donors (Lipinski definition) is 0. The van der Waals surface area contributed by atoms with Crippen molar-refractivity contribution in [3.8, 4) is 0 Å². The molecule has 0 bridgehead atoms. The molecule has 92 valence electrons. The molecule has 0 N–H and O–H groups in total. The Hall–Kier alpha value is -46.0. The molecule has 0 amide bonds. The summed E-state index contributed by atoms with van der Waals surface area (Å²) in [6, 6.07) is 0. The Labute approximate surface area is 0 Å². The van der Waals surface area contributed by atoms with Gasteiger partial charge in [-0.05, 0) is 0 Å². The molecule has 0 aliphatic carbocycles. The molecule has 0 aromatic rings. The second-order valence-electron chi connectivity index (χ2n) is 0. The van der Waals surface area contributed by atoms with Crippen LogP contribution in [0.2, 0.25) is 0 Å². The molecule has 0 heterocycles. The van der Waals surface area contributed by atoms with Crippen molar-refractivity contribution in [3.05, 3.63) is 0 Å². The molecule has 46 heavy (non-hydrogen) atoms. The SMILES string of the molecule is [Rf].[Rf].[Rf].[Rf].[Rf].[Rf].[Rf].[Rf].[Rf].[Rf].[Rf].[Rf].[Rf].[Rf].[Rf].[Rf].[Rf].[Rf].[Rf].[Rf].[Rf].[Rf].[Rf].[Rf].[Rf].[Rf].[Rf].[Rf].[Rf].[Rf].[Rf].[Rf].[Rf].[Rf].[Rf].[Rf].[Rf].[Rf].[Rf].[Rf].[Rf].[Rf].[Rf].[Rf].[Rf].[Rf]. The van der Waals surface area contributed by atoms with Crippen molar-refractivity contribution in [1.29, 1.82) is 0 Å². The molecule has 0 spiro atoms. The quantitative estimate of drug-likeness (QED) is 0.321. The van der Waals surface area contributed by atoms with Gasteiger partial charge in [0.05, 0.1) is 0 Å². The van der Waals surface area contributed by atoms with E-state index in [1.165, 1.54) is 0 Å². The summed E-state index contributed by atoms with van der Waals surface area (Å²) in [7, 11) is 0. The first-order valence-corrected chi connectivity index (χ1v) is 0. The van der Waals surface area contributed by atoms with E-state index in [1.54, 1.807) is 0 Å². The first-order chi connectivity index (χ1) is 0. The fraction of sp³-hybridized carbons (Fsp3) is 0. The maximum atomic E-state index is 0. The van der Waals surface area contributed by atoms with Crippen molar-refractivity contribution in [1.82, 2.24) is 0 Å². The second kappa shape index (κ2) is -0.00189. The van der Waals surface area contributed by atoms with Gasteiger partial charge in [-0.25, -0.2) is 0 Å². The van der Waals surface area contributed by atoms with Crippen LogP contribution in [0, 0.1) is 0 Å². The third kappa shape index (κ3) is -0.00851. The van der Waals surface area contributed by atoms with Crippen LogP contribution in [0.4, 0.5) is 0 Å². The summed E-state index contributed by atoms with van der Waals surface area (Å²) >= 11 is 0. The molecule has 0 rings (SSSR count). The Kier molecular flexibility index (Phi) is 0. The van der Waals surface area contributed by atoms with Crippen molar-refractivity contribution in [2.45, 2.75) is 0 Å². The Bertz CT molecular complexity index is 0. The maximum Gasteiger partial charge on any atom is 0 e. The molecule has 0 atom stereocenters. The fourth-order valence-electron chi connectivity index (χ4n) is 0. The Balaban J connectivity index is 0. The van der Waals surface area contributed by atoms with Crippen LogP contribution in [0.1, 0.15) is 0 Å². The zero-order valence-corrected chi connectivity index (χ0v) is 327. The van der Waals surface area contributed by atoms with Crippen LogP contribution in [0.5, 0.6) is 0 Å². The van der Waals surface area contributed by atoms with Crippen molar-refractivity contribution in [2.75, 3.05) is 0 Å². The van der Waals surface area contributed by atoms with Crippen LogP contribution in [-0.2, 0) is 0 Å². The predicted octanol–water partition coefficient (Wildman–Crippen LogP) is 0. The van der Waals surface area contributed by atoms with Crippen molar-refractivity contribution in [3.63, 3.8) is 0 Å². The van der Waals surface area contributed by atoms with Crippen LogP contribution in [0.25, 0.3) is 0 Å². The molecular weight excluding hydrogens is 12300 g/mol. The van der Waals surface area contributed by atoms with Crippen molar-refractivity contribution >= 4 is 0 Å². The van der Waals surface area contributed by atoms with Crippen LogP contribution in [-0.4, -0.2) is 0 Å². The third-order valence-electron chi connectivity index (χ3n) is 0. The first kappa shape index (κ1) is 0. The summed E-state index contributed by atoms with van der Waals surface area (Å²) in [5.41, 5.74) is 0. The van der Waals surface area contributed by atoms with Gasteiger partial charge in [-0.15, -0.1) is 0 Å². The van der Waals surface area contributed by atoms with E-state index in [9.17, 15) is 0 Å². The number of rotatable bonds is 0. The molecule has 0 aliphatic heterocycles. The van der Waals surface area contributed by atoms with E-state index in [0.717, 1.165) is 0 Å². The van der Waals surface area contributed by atoms with E-state index >= 15 is 0 Å². The molecule has 0 saturated carbocycles. The van der Waals surface area contributed by atoms with Gasteiger partial charge in [-0.2, -0.15) is 0 Å². The minimum Gasteiger partial charge on any atom is 0 e. The molecule has 0 radical (unpaired) electrons. The fourth-order valence-corrected chi connectivity index (χ4v) is 0. The summed E-state index contributed by atoms with van der Waals surface area (Å²) in [4.78, 5) is 0. The Morgan fingerprint density at radius 1 is 0.0217 bits per heavy atom. The van der Waals surface area contributed by atoms with Crippen LogP contribution in [0.3, 0.4) is 0 Å². The van der Waals surface area contributed by atoms with E-state index < -0.39 is 0 Å². The molecule has 0 aromatic carbocycles. The van der Waals surface area contributed by atoms with Gasteiger partial charge >= 0.3 is 0 Å². The van der Waals surface area contributed by atoms with Gasteiger partial charge in [0.1, 0.15) is 0 Å². The van der Waals surface area contributed by atoms with Crippen LogP contribution < -0.4 is 0 Å². The summed E-state index contributed by atoms with van der Waals surface area (Å²) in [6.45, 7) is 0. The molecule has 46 heteroatoms. The largest absolute Gasteiger partial charge is 0 e. The van der Waals surface area contributed by atoms with Gasteiger partial charge < -0.3 is 0 Å². The van der Waals surface area contributed by atoms with Crippen molar-refractivity contribution in [2.24, 2.45) is 0 Å². The van der Waals surface area contributed by atoms with Crippen LogP contribution in [0.15, 0.2) is 0 Å². The minimum absolute atomic E-state index is 0. The zero-order valence-electron chi connectivity index (χ0n) is 32.5. The summed E-state index contributed by atoms with van der Waals surface area (Å²) in [5, 5.41) is 0. The standard InChI is InChI=1S/46Rf. The van der Waals surface area contributed by atoms with Gasteiger partial charge in [0.15, 0.2) is 0 Å². The van der Waals surface area contributed by atoms with Gasteiger partial charge in [-0.3, -0.25) is 0 Å². The van der Waals surface area contributed by atoms with Gasteiger partial charge in [0.2, 0.25) is 0 Å². The molecule has 0 aromatic heterocycles. The average Bonchev–Trinajstić information content (AvgIpc) is 0. The second-order valence-corrected chi connectivity index (χ2v) is 0. The predicted molar refractivity (Wildman–Crippen MR) is 0 cm³/mol. The van der Waals surface area contributed by atoms with Gasteiger partial charge in [0.25, 0.3) is 0 Å². The monoisotopic (exact) mass is 12300 g/mol. The average molecular weight is 12300 g/mol. The molecule has 0 unspecified atom stereocenters. The van der Waals surface area contributed by atoms with E-state index in [0.29, 0.717) is 0 Å². The smallest absolute Gasteiger partial charge is 0 e. The molecule has 0 aliphatic rings. The van der Waals surface area contributed by atoms with Crippen LogP contribution >= 0.6 is 0 Å². The molecule has 0 saturated heterocycles. The zero-order chi connectivity index (χ0) is 0. The minimum atomic E-state index is 0. The van der Waals surface area contributed by atoms with E-state index in [2.05, 4.69) is 0 Å². The summed E-state index contributed by atoms with van der Waals surface area (Å²) < 4.78 is 0. The van der Waals surface area contributed by atoms with Gasteiger partial charge in [0, 0.05) is 0 Å². The normalized spacial score (nSPS) is 0. The molecule has 0 fully saturated rings. The number of hydrogen-bond acceptors (Lipinski definition) is 0. The third-order valence-corrected chi connectivity index (χ3v) is 0. The Morgan fingerprint density at radius 3 is 0.0217 bits per heavy atom.